The van der Waals surface area contributed by atoms with Crippen LogP contribution in [0.25, 0.3) is 0 Å². The third-order valence-corrected chi connectivity index (χ3v) is 2.26. The van der Waals surface area contributed by atoms with Crippen LogP contribution in [0.2, 0.25) is 5.02 Å². The van der Waals surface area contributed by atoms with Gasteiger partial charge in [-0.1, -0.05) is 17.7 Å². The van der Waals surface area contributed by atoms with Crippen LogP contribution in [0.5, 0.6) is 0 Å². The monoisotopic (exact) mass is 184 g/mol. The minimum atomic E-state index is -1.36. The van der Waals surface area contributed by atoms with Gasteiger partial charge in [-0.2, -0.15) is 0 Å². The van der Waals surface area contributed by atoms with E-state index >= 15 is 0 Å². The number of alkyl halides is 1. The first kappa shape index (κ1) is 7.74. The van der Waals surface area contributed by atoms with E-state index in [2.05, 4.69) is 0 Å². The van der Waals surface area contributed by atoms with Gasteiger partial charge in [0.25, 0.3) is 0 Å². The first-order valence-corrected chi connectivity index (χ1v) is 4.03. The zero-order chi connectivity index (χ0) is 8.72. The first-order valence-electron chi connectivity index (χ1n) is 3.65. The molecule has 62 valence electrons. The summed E-state index contributed by atoms with van der Waals surface area (Å²) in [6, 6.07) is 4.90. The highest BCUT2D eigenvalue weighted by Crippen LogP contribution is 2.26. The zero-order valence-electron chi connectivity index (χ0n) is 6.18. The highest BCUT2D eigenvalue weighted by Gasteiger charge is 2.29. The molecule has 0 spiro atoms. The Hall–Kier alpha value is -0.890. The van der Waals surface area contributed by atoms with Crippen molar-refractivity contribution in [2.45, 2.75) is 12.6 Å². The summed E-state index contributed by atoms with van der Waals surface area (Å²) in [5.41, 5.74) is 1.20. The molecule has 0 unspecified atom stereocenters. The SMILES string of the molecule is O=C1c2cc(Cl)ccc2C[C@H]1F. The van der Waals surface area contributed by atoms with Gasteiger partial charge in [-0.25, -0.2) is 4.39 Å². The van der Waals surface area contributed by atoms with E-state index in [0.29, 0.717) is 10.6 Å². The molecule has 0 bridgehead atoms. The zero-order valence-corrected chi connectivity index (χ0v) is 6.94. The highest BCUT2D eigenvalue weighted by molar-refractivity contribution is 6.31. The van der Waals surface area contributed by atoms with Gasteiger partial charge in [-0.15, -0.1) is 0 Å². The Balaban J connectivity index is 2.56. The molecule has 0 saturated heterocycles. The minimum Gasteiger partial charge on any atom is -0.291 e. The highest BCUT2D eigenvalue weighted by atomic mass is 35.5. The van der Waals surface area contributed by atoms with Crippen LogP contribution in [0.4, 0.5) is 4.39 Å². The van der Waals surface area contributed by atoms with Gasteiger partial charge in [0.05, 0.1) is 0 Å². The number of Topliss-reactive ketones (excluding diaryl/α,β-unsaturated/α-hetero) is 1. The second-order valence-corrected chi connectivity index (χ2v) is 3.27. The molecule has 3 heteroatoms. The summed E-state index contributed by atoms with van der Waals surface area (Å²) in [6.07, 6.45) is -1.16. The number of carbonyl (C=O) groups excluding carboxylic acids is 1. The van der Waals surface area contributed by atoms with Crippen molar-refractivity contribution in [3.63, 3.8) is 0 Å². The molecule has 0 fully saturated rings. The van der Waals surface area contributed by atoms with E-state index in [-0.39, 0.29) is 6.42 Å². The third kappa shape index (κ3) is 1.03. The molecule has 1 aromatic carbocycles. The van der Waals surface area contributed by atoms with E-state index < -0.39 is 12.0 Å². The van der Waals surface area contributed by atoms with E-state index in [0.717, 1.165) is 5.56 Å². The Kier molecular flexibility index (Phi) is 1.65. The molecule has 0 heterocycles. The van der Waals surface area contributed by atoms with Gasteiger partial charge in [0, 0.05) is 17.0 Å². The van der Waals surface area contributed by atoms with Crippen molar-refractivity contribution in [1.82, 2.24) is 0 Å². The van der Waals surface area contributed by atoms with Gasteiger partial charge in [-0.3, -0.25) is 4.79 Å². The number of benzene rings is 1. The largest absolute Gasteiger partial charge is 0.291 e. The van der Waals surface area contributed by atoms with Gasteiger partial charge in [0.2, 0.25) is 0 Å². The molecule has 1 nitrogen and oxygen atoms in total. The van der Waals surface area contributed by atoms with Crippen LogP contribution in [0.1, 0.15) is 15.9 Å². The van der Waals surface area contributed by atoms with E-state index in [1.807, 2.05) is 0 Å². The molecule has 2 rings (SSSR count). The lowest BCUT2D eigenvalue weighted by atomic mass is 10.1. The summed E-state index contributed by atoms with van der Waals surface area (Å²) >= 11 is 5.66. The second-order valence-electron chi connectivity index (χ2n) is 2.84. The molecule has 1 aliphatic rings. The van der Waals surface area contributed by atoms with Crippen LogP contribution in [-0.2, 0) is 6.42 Å². The maximum atomic E-state index is 12.8. The molecular formula is C9H6ClFO. The number of hydrogen-bond acceptors (Lipinski definition) is 1. The molecule has 0 aromatic heterocycles. The fraction of sp³-hybridized carbons (Fsp3) is 0.222. The summed E-state index contributed by atoms with van der Waals surface area (Å²) < 4.78 is 12.8. The molecule has 12 heavy (non-hydrogen) atoms. The van der Waals surface area contributed by atoms with Crippen LogP contribution in [0.3, 0.4) is 0 Å². The number of rotatable bonds is 0. The number of halogens is 2. The number of carbonyl (C=O) groups is 1. The van der Waals surface area contributed by atoms with Crippen molar-refractivity contribution in [3.05, 3.63) is 34.3 Å². The lowest BCUT2D eigenvalue weighted by molar-refractivity contribution is 0.0899. The van der Waals surface area contributed by atoms with Gasteiger partial charge >= 0.3 is 0 Å². The van der Waals surface area contributed by atoms with Crippen LogP contribution < -0.4 is 0 Å². The summed E-state index contributed by atoms with van der Waals surface area (Å²) in [7, 11) is 0. The molecule has 0 amide bonds. The molecule has 0 aliphatic heterocycles. The van der Waals surface area contributed by atoms with Gasteiger partial charge < -0.3 is 0 Å². The molecule has 0 N–H and O–H groups in total. The molecule has 1 aliphatic carbocycles. The Morgan fingerprint density at radius 3 is 3.00 bits per heavy atom. The topological polar surface area (TPSA) is 17.1 Å². The van der Waals surface area contributed by atoms with Crippen molar-refractivity contribution in [3.8, 4) is 0 Å². The van der Waals surface area contributed by atoms with Crippen LogP contribution in [-0.4, -0.2) is 12.0 Å². The van der Waals surface area contributed by atoms with Crippen molar-refractivity contribution >= 4 is 17.4 Å². The molecule has 1 atom stereocenters. The molecule has 0 saturated carbocycles. The van der Waals surface area contributed by atoms with Gasteiger partial charge in [0.15, 0.2) is 12.0 Å². The van der Waals surface area contributed by atoms with Crippen LogP contribution in [0, 0.1) is 0 Å². The molecular weight excluding hydrogens is 179 g/mol. The molecule has 0 radical (unpaired) electrons. The van der Waals surface area contributed by atoms with Crippen molar-refractivity contribution < 1.29 is 9.18 Å². The average Bonchev–Trinajstić information content (AvgIpc) is 2.31. The number of hydrogen-bond donors (Lipinski definition) is 0. The van der Waals surface area contributed by atoms with E-state index in [1.165, 1.54) is 6.07 Å². The predicted molar refractivity (Wildman–Crippen MR) is 44.4 cm³/mol. The van der Waals surface area contributed by atoms with E-state index in [1.54, 1.807) is 12.1 Å². The first-order chi connectivity index (χ1) is 5.68. The predicted octanol–water partition coefficient (Wildman–Crippen LogP) is 2.42. The summed E-state index contributed by atoms with van der Waals surface area (Å²) in [6.45, 7) is 0. The Bertz CT molecular complexity index is 348. The second kappa shape index (κ2) is 2.56. The fourth-order valence-corrected chi connectivity index (χ4v) is 1.58. The Labute approximate surface area is 74.2 Å². The normalized spacial score (nSPS) is 21.2. The standard InChI is InChI=1S/C9H6ClFO/c10-6-2-1-5-3-8(11)9(12)7(5)4-6/h1-2,4,8H,3H2/t8-/m1/s1. The number of fused-ring (bicyclic) bond motifs is 1. The fourth-order valence-electron chi connectivity index (χ4n) is 1.41. The summed E-state index contributed by atoms with van der Waals surface area (Å²) in [5, 5.41) is 0.483. The minimum absolute atomic E-state index is 0.200. The van der Waals surface area contributed by atoms with E-state index in [4.69, 9.17) is 11.6 Å². The Morgan fingerprint density at radius 2 is 2.25 bits per heavy atom. The van der Waals surface area contributed by atoms with Crippen molar-refractivity contribution in [1.29, 1.82) is 0 Å². The summed E-state index contributed by atoms with van der Waals surface area (Å²) in [5.74, 6) is -0.437. The quantitative estimate of drug-likeness (QED) is 0.605. The number of ketones is 1. The maximum absolute atomic E-state index is 12.8. The maximum Gasteiger partial charge on any atom is 0.197 e. The molecule has 1 aromatic rings. The smallest absolute Gasteiger partial charge is 0.197 e. The van der Waals surface area contributed by atoms with Crippen molar-refractivity contribution in [2.24, 2.45) is 0 Å². The lowest BCUT2D eigenvalue weighted by Gasteiger charge is -1.95. The van der Waals surface area contributed by atoms with Gasteiger partial charge in [-0.05, 0) is 17.7 Å². The van der Waals surface area contributed by atoms with E-state index in [9.17, 15) is 9.18 Å². The van der Waals surface area contributed by atoms with Crippen LogP contribution >= 0.6 is 11.6 Å². The van der Waals surface area contributed by atoms with Crippen molar-refractivity contribution in [2.75, 3.05) is 0 Å². The average molecular weight is 185 g/mol. The third-order valence-electron chi connectivity index (χ3n) is 2.02. The van der Waals surface area contributed by atoms with Gasteiger partial charge in [0.1, 0.15) is 0 Å². The van der Waals surface area contributed by atoms with Crippen LogP contribution in [0.15, 0.2) is 18.2 Å². The summed E-state index contributed by atoms with van der Waals surface area (Å²) in [4.78, 5) is 11.1. The Morgan fingerprint density at radius 1 is 1.50 bits per heavy atom. The lowest BCUT2D eigenvalue weighted by Crippen LogP contribution is -2.07.